The molecule has 0 unspecified atom stereocenters. The lowest BCUT2D eigenvalue weighted by atomic mass is 11.0. The summed E-state index contributed by atoms with van der Waals surface area (Å²) in [4.78, 5) is 0. The highest BCUT2D eigenvalue weighted by molar-refractivity contribution is 7.57. The van der Waals surface area contributed by atoms with E-state index in [9.17, 15) is 0 Å². The summed E-state index contributed by atoms with van der Waals surface area (Å²) in [6.07, 6.45) is 1.26. The monoisotopic (exact) mass is 122 g/mol. The van der Waals surface area contributed by atoms with Gasteiger partial charge in [-0.2, -0.15) is 0 Å². The third-order valence-corrected chi connectivity index (χ3v) is 2.54. The highest BCUT2D eigenvalue weighted by Gasteiger charge is 1.97. The molecule has 0 spiro atoms. The quantitative estimate of drug-likeness (QED) is 0.531. The summed E-state index contributed by atoms with van der Waals surface area (Å²) in [6, 6.07) is 0. The second-order valence-corrected chi connectivity index (χ2v) is 3.81. The summed E-state index contributed by atoms with van der Waals surface area (Å²) in [6.45, 7) is 1.97. The topological polar surface area (TPSA) is 40.5 Å². The fraction of sp³-hybridized carbons (Fsp3) is 1.00. The molecule has 0 fully saturated rings. The Morgan fingerprint density at radius 3 is 1.71 bits per heavy atom. The summed E-state index contributed by atoms with van der Waals surface area (Å²) in [5, 5.41) is 16.8. The van der Waals surface area contributed by atoms with E-state index in [-0.39, 0.29) is 12.7 Å². The molecule has 0 heterocycles. The molecule has 0 bridgehead atoms. The first-order chi connectivity index (χ1) is 3.35. The van der Waals surface area contributed by atoms with Crippen molar-refractivity contribution >= 4 is 7.92 Å². The van der Waals surface area contributed by atoms with Gasteiger partial charge in [-0.1, -0.05) is 14.8 Å². The van der Waals surface area contributed by atoms with E-state index in [0.717, 1.165) is 6.16 Å². The van der Waals surface area contributed by atoms with Gasteiger partial charge in [0.05, 0.1) is 12.7 Å². The number of rotatable bonds is 3. The van der Waals surface area contributed by atoms with Crippen LogP contribution in [0.4, 0.5) is 0 Å². The van der Waals surface area contributed by atoms with Gasteiger partial charge in [-0.15, -0.1) is 0 Å². The molecule has 0 aliphatic carbocycles. The minimum Gasteiger partial charge on any atom is -0.392 e. The minimum absolute atomic E-state index is 0.169. The maximum absolute atomic E-state index is 8.39. The van der Waals surface area contributed by atoms with Crippen LogP contribution in [-0.2, 0) is 0 Å². The zero-order valence-corrected chi connectivity index (χ0v) is 5.36. The van der Waals surface area contributed by atoms with E-state index in [0.29, 0.717) is 0 Å². The normalized spacial score (nSPS) is 10.3. The van der Waals surface area contributed by atoms with Crippen LogP contribution in [0.5, 0.6) is 0 Å². The number of aliphatic hydroxyl groups is 2. The highest BCUT2D eigenvalue weighted by Crippen LogP contribution is 2.30. The summed E-state index contributed by atoms with van der Waals surface area (Å²) >= 11 is 0. The molecule has 0 saturated carbocycles. The summed E-state index contributed by atoms with van der Waals surface area (Å²) < 4.78 is 0. The lowest BCUT2D eigenvalue weighted by Crippen LogP contribution is -1.88. The van der Waals surface area contributed by atoms with Gasteiger partial charge in [0, 0.05) is 0 Å². The van der Waals surface area contributed by atoms with Crippen molar-refractivity contribution in [3.63, 3.8) is 0 Å². The third-order valence-electron chi connectivity index (χ3n) is 0.847. The van der Waals surface area contributed by atoms with E-state index >= 15 is 0 Å². The van der Waals surface area contributed by atoms with E-state index < -0.39 is 7.92 Å². The maximum Gasteiger partial charge on any atom is 0.0646 e. The van der Waals surface area contributed by atoms with Gasteiger partial charge in [-0.05, 0) is 6.16 Å². The van der Waals surface area contributed by atoms with Crippen LogP contribution in [0.15, 0.2) is 0 Å². The predicted octanol–water partition coefficient (Wildman–Crippen LogP) is 0.388. The first-order valence-corrected chi connectivity index (χ1v) is 4.19. The van der Waals surface area contributed by atoms with Crippen molar-refractivity contribution in [1.82, 2.24) is 0 Å². The molecule has 0 amide bonds. The highest BCUT2D eigenvalue weighted by atomic mass is 31.1. The van der Waals surface area contributed by atoms with E-state index in [1.165, 1.54) is 0 Å². The van der Waals surface area contributed by atoms with Crippen molar-refractivity contribution in [2.75, 3.05) is 18.9 Å². The second kappa shape index (κ2) is 4.51. The Morgan fingerprint density at radius 1 is 1.29 bits per heavy atom. The number of hydrogen-bond donors (Lipinski definition) is 2. The van der Waals surface area contributed by atoms with Crippen molar-refractivity contribution in [3.05, 3.63) is 0 Å². The van der Waals surface area contributed by atoms with Crippen molar-refractivity contribution in [2.45, 2.75) is 6.92 Å². The van der Waals surface area contributed by atoms with Crippen LogP contribution >= 0.6 is 7.92 Å². The second-order valence-electron chi connectivity index (χ2n) is 1.27. The van der Waals surface area contributed by atoms with Crippen LogP contribution < -0.4 is 0 Å². The van der Waals surface area contributed by atoms with Crippen molar-refractivity contribution < 1.29 is 10.2 Å². The Kier molecular flexibility index (Phi) is 4.73. The predicted molar refractivity (Wildman–Crippen MR) is 31.6 cm³/mol. The van der Waals surface area contributed by atoms with Gasteiger partial charge in [0.15, 0.2) is 0 Å². The molecule has 7 heavy (non-hydrogen) atoms. The Morgan fingerprint density at radius 2 is 1.71 bits per heavy atom. The lowest BCUT2D eigenvalue weighted by molar-refractivity contribution is 0.343. The molecular formula is C4H11O2P. The van der Waals surface area contributed by atoms with Gasteiger partial charge < -0.3 is 10.2 Å². The van der Waals surface area contributed by atoms with Crippen LogP contribution in [0.3, 0.4) is 0 Å². The zero-order valence-electron chi connectivity index (χ0n) is 4.46. The maximum atomic E-state index is 8.39. The largest absolute Gasteiger partial charge is 0.392 e. The van der Waals surface area contributed by atoms with E-state index in [1.54, 1.807) is 0 Å². The average Bonchev–Trinajstić information content (AvgIpc) is 1.72. The van der Waals surface area contributed by atoms with Gasteiger partial charge in [-0.25, -0.2) is 0 Å². The Balaban J connectivity index is 2.99. The van der Waals surface area contributed by atoms with E-state index in [1.807, 2.05) is 6.92 Å². The van der Waals surface area contributed by atoms with Gasteiger partial charge in [-0.3, -0.25) is 0 Å². The molecule has 2 nitrogen and oxygen atoms in total. The van der Waals surface area contributed by atoms with Crippen LogP contribution in [0.1, 0.15) is 6.92 Å². The zero-order chi connectivity index (χ0) is 5.70. The SMILES string of the molecule is CCP(CO)CO. The molecule has 0 radical (unpaired) electrons. The van der Waals surface area contributed by atoms with Gasteiger partial charge in [0.1, 0.15) is 0 Å². The van der Waals surface area contributed by atoms with Gasteiger partial charge in [0.2, 0.25) is 0 Å². The van der Waals surface area contributed by atoms with Crippen LogP contribution in [0.2, 0.25) is 0 Å². The lowest BCUT2D eigenvalue weighted by Gasteiger charge is -2.04. The minimum atomic E-state index is -0.443. The summed E-state index contributed by atoms with van der Waals surface area (Å²) in [5.41, 5.74) is 0. The molecule has 0 aromatic rings. The number of aliphatic hydroxyl groups excluding tert-OH is 2. The molecule has 0 aromatic carbocycles. The first kappa shape index (κ1) is 7.35. The molecule has 3 heteroatoms. The first-order valence-electron chi connectivity index (χ1n) is 2.29. The molecule has 0 aliphatic heterocycles. The van der Waals surface area contributed by atoms with Crippen molar-refractivity contribution in [1.29, 1.82) is 0 Å². The molecular weight excluding hydrogens is 111 g/mol. The third kappa shape index (κ3) is 2.98. The van der Waals surface area contributed by atoms with Crippen LogP contribution in [0.25, 0.3) is 0 Å². The smallest absolute Gasteiger partial charge is 0.0646 e. The average molecular weight is 122 g/mol. The van der Waals surface area contributed by atoms with E-state index in [4.69, 9.17) is 10.2 Å². The summed E-state index contributed by atoms with van der Waals surface area (Å²) in [7, 11) is -0.443. The van der Waals surface area contributed by atoms with Crippen molar-refractivity contribution in [3.8, 4) is 0 Å². The molecule has 44 valence electrons. The van der Waals surface area contributed by atoms with E-state index in [2.05, 4.69) is 0 Å². The standard InChI is InChI=1S/C4H11O2P/c1-2-7(3-5)4-6/h5-6H,2-4H2,1H3. The molecule has 0 rings (SSSR count). The Hall–Kier alpha value is 0.350. The Labute approximate surface area is 44.9 Å². The van der Waals surface area contributed by atoms with Crippen LogP contribution in [-0.4, -0.2) is 29.1 Å². The van der Waals surface area contributed by atoms with Gasteiger partial charge >= 0.3 is 0 Å². The molecule has 0 aliphatic rings. The molecule has 2 N–H and O–H groups in total. The fourth-order valence-corrected chi connectivity index (χ4v) is 0.734. The fourth-order valence-electron chi connectivity index (χ4n) is 0.245. The molecule has 0 aromatic heterocycles. The number of hydrogen-bond acceptors (Lipinski definition) is 2. The molecule has 0 atom stereocenters. The van der Waals surface area contributed by atoms with Gasteiger partial charge in [0.25, 0.3) is 0 Å². The summed E-state index contributed by atoms with van der Waals surface area (Å²) in [5.74, 6) is 0. The van der Waals surface area contributed by atoms with Crippen molar-refractivity contribution in [2.24, 2.45) is 0 Å². The Bertz CT molecular complexity index is 31.2. The van der Waals surface area contributed by atoms with Crippen LogP contribution in [0, 0.1) is 0 Å². The molecule has 0 saturated heterocycles.